The number of H-pyrrole nitrogens is 1. The summed E-state index contributed by atoms with van der Waals surface area (Å²) in [4.78, 5) is 72.9. The lowest BCUT2D eigenvalue weighted by molar-refractivity contribution is -0.118. The van der Waals surface area contributed by atoms with Crippen LogP contribution in [0.4, 0.5) is 20.5 Å². The molecule has 0 saturated carbocycles. The van der Waals surface area contributed by atoms with Gasteiger partial charge in [0.25, 0.3) is 11.5 Å². The second-order valence-corrected chi connectivity index (χ2v) is 18.6. The number of nitrogens with zero attached hydrogens (tertiary/aromatic N) is 8. The molecule has 2 bridgehead atoms. The van der Waals surface area contributed by atoms with Crippen molar-refractivity contribution in [3.63, 3.8) is 0 Å². The number of ether oxygens (including phenoxy) is 2. The Morgan fingerprint density at radius 2 is 1.69 bits per heavy atom. The number of aromatic nitrogens is 8. The maximum atomic E-state index is 16.8. The van der Waals surface area contributed by atoms with E-state index >= 15 is 8.78 Å². The Morgan fingerprint density at radius 1 is 0.984 bits per heavy atom. The van der Waals surface area contributed by atoms with Gasteiger partial charge in [0.1, 0.15) is 30.7 Å². The smallest absolute Gasteiger partial charge is 0.346 e. The fraction of sp³-hybridized carbons (Fsp3) is 0.441. The number of imidazole rings is 2. The number of phosphoric acid groups is 1. The van der Waals surface area contributed by atoms with E-state index in [4.69, 9.17) is 49.2 Å². The number of aromatic amines is 1. The van der Waals surface area contributed by atoms with Crippen molar-refractivity contribution >= 4 is 72.3 Å². The maximum Gasteiger partial charge on any atom is 0.475 e. The van der Waals surface area contributed by atoms with Crippen LogP contribution in [-0.2, 0) is 53.3 Å². The third-order valence-electron chi connectivity index (χ3n) is 9.67. The van der Waals surface area contributed by atoms with E-state index in [-0.39, 0.29) is 40.5 Å². The van der Waals surface area contributed by atoms with E-state index in [2.05, 4.69) is 40.5 Å². The number of nitrogens with one attached hydrogen (secondary N) is 3. The molecule has 0 radical (unpaired) electrons. The number of halogens is 2. The van der Waals surface area contributed by atoms with Crippen LogP contribution in [0.2, 0.25) is 0 Å². The van der Waals surface area contributed by atoms with Crippen molar-refractivity contribution in [1.29, 1.82) is 5.26 Å². The van der Waals surface area contributed by atoms with Crippen molar-refractivity contribution in [2.24, 2.45) is 5.92 Å². The minimum Gasteiger partial charge on any atom is -0.346 e. The fourth-order valence-corrected chi connectivity index (χ4v) is 9.44. The number of nitriles is 1. The highest BCUT2D eigenvalue weighted by molar-refractivity contribution is 8.07. The lowest BCUT2D eigenvalue weighted by Gasteiger charge is -2.27. The maximum absolute atomic E-state index is 16.8. The van der Waals surface area contributed by atoms with Gasteiger partial charge < -0.3 is 24.2 Å². The van der Waals surface area contributed by atoms with E-state index in [1.807, 2.05) is 0 Å². The topological polar surface area (TPSA) is 291 Å². The summed E-state index contributed by atoms with van der Waals surface area (Å²) < 4.78 is 89.7. The molecule has 3 aliphatic heterocycles. The van der Waals surface area contributed by atoms with Crippen LogP contribution in [0.1, 0.15) is 43.1 Å². The van der Waals surface area contributed by atoms with Gasteiger partial charge in [-0.05, 0) is 23.9 Å². The zero-order chi connectivity index (χ0) is 43.9. The molecular weight excluding hydrogens is 886 g/mol. The third-order valence-corrected chi connectivity index (χ3v) is 12.7. The van der Waals surface area contributed by atoms with Crippen LogP contribution in [-0.4, -0.2) is 112 Å². The molecule has 8 rings (SSSR count). The monoisotopic (exact) mass is 921 g/mol. The van der Waals surface area contributed by atoms with Gasteiger partial charge in [0, 0.05) is 11.5 Å². The number of rotatable bonds is 9. The van der Waals surface area contributed by atoms with Crippen LogP contribution in [0.3, 0.4) is 0 Å². The van der Waals surface area contributed by atoms with Gasteiger partial charge in [-0.25, -0.2) is 33.3 Å². The molecule has 62 heavy (non-hydrogen) atoms. The van der Waals surface area contributed by atoms with Crippen molar-refractivity contribution in [3.8, 4) is 6.07 Å². The van der Waals surface area contributed by atoms with E-state index in [9.17, 15) is 23.8 Å². The first-order valence-electron chi connectivity index (χ1n) is 18.7. The molecule has 0 spiro atoms. The Morgan fingerprint density at radius 3 is 2.44 bits per heavy atom. The predicted molar refractivity (Wildman–Crippen MR) is 211 cm³/mol. The minimum absolute atomic E-state index is 0.00210. The van der Waals surface area contributed by atoms with E-state index in [1.165, 1.54) is 0 Å². The van der Waals surface area contributed by atoms with Crippen molar-refractivity contribution < 1.29 is 59.9 Å². The summed E-state index contributed by atoms with van der Waals surface area (Å²) in [5.41, 5.74) is -0.844. The second kappa shape index (κ2) is 17.6. The molecule has 0 aliphatic carbocycles. The fourth-order valence-electron chi connectivity index (χ4n) is 6.64. The van der Waals surface area contributed by atoms with Crippen molar-refractivity contribution in [1.82, 2.24) is 39.0 Å². The Bertz CT molecular complexity index is 2700. The molecule has 2 unspecified atom stereocenters. The molecule has 328 valence electrons. The number of amides is 2. The van der Waals surface area contributed by atoms with Gasteiger partial charge >= 0.3 is 14.5 Å². The molecule has 28 heteroatoms. The summed E-state index contributed by atoms with van der Waals surface area (Å²) in [5, 5.41) is 14.3. The quantitative estimate of drug-likeness (QED) is 0.122. The van der Waals surface area contributed by atoms with Gasteiger partial charge in [0.15, 0.2) is 52.9 Å². The van der Waals surface area contributed by atoms with Crippen LogP contribution < -0.4 is 16.2 Å². The first-order valence-corrected chi connectivity index (χ1v) is 22.7. The highest BCUT2D eigenvalue weighted by Crippen LogP contribution is 2.57. The summed E-state index contributed by atoms with van der Waals surface area (Å²) >= 11 is 5.28. The molecule has 7 heterocycles. The van der Waals surface area contributed by atoms with Crippen LogP contribution >= 0.6 is 14.5 Å². The van der Waals surface area contributed by atoms with Gasteiger partial charge in [0.2, 0.25) is 11.9 Å². The lowest BCUT2D eigenvalue weighted by atomic mass is 10.1. The zero-order valence-electron chi connectivity index (χ0n) is 32.2. The predicted octanol–water partition coefficient (Wildman–Crippen LogP) is 3.35. The average Bonchev–Trinajstić information content (AvgIpc) is 4.01. The summed E-state index contributed by atoms with van der Waals surface area (Å²) in [7, 11) is -4.97. The summed E-state index contributed by atoms with van der Waals surface area (Å²) in [6.07, 6.45) is -11.7. The number of hydrogen-bond acceptors (Lipinski definition) is 18. The molecule has 5 aromatic rings. The molecule has 3 saturated heterocycles. The van der Waals surface area contributed by atoms with Gasteiger partial charge in [-0.3, -0.25) is 51.9 Å². The van der Waals surface area contributed by atoms with Crippen molar-refractivity contribution in [2.75, 3.05) is 30.5 Å². The lowest BCUT2D eigenvalue weighted by Crippen LogP contribution is -2.34. The molecule has 4 N–H and O–H groups in total. The van der Waals surface area contributed by atoms with Crippen LogP contribution in [0.25, 0.3) is 22.3 Å². The number of anilines is 2. The third kappa shape index (κ3) is 8.79. The number of alkyl halides is 2. The highest BCUT2D eigenvalue weighted by atomic mass is 32.5. The number of carbonyl (C=O) groups excluding carboxylic acids is 2. The molecule has 2 amide bonds. The first-order chi connectivity index (χ1) is 29.6. The Labute approximate surface area is 352 Å². The van der Waals surface area contributed by atoms with Gasteiger partial charge in [-0.15, -0.1) is 0 Å². The van der Waals surface area contributed by atoms with Crippen LogP contribution in [0.5, 0.6) is 0 Å². The average molecular weight is 922 g/mol. The largest absolute Gasteiger partial charge is 0.475 e. The van der Waals surface area contributed by atoms with E-state index in [0.717, 1.165) is 28.1 Å². The van der Waals surface area contributed by atoms with Gasteiger partial charge in [-0.1, -0.05) is 32.0 Å². The van der Waals surface area contributed by atoms with E-state index in [1.54, 1.807) is 50.2 Å². The molecule has 3 aliphatic rings. The molecular formula is C34H35F2N11O12P2S. The summed E-state index contributed by atoms with van der Waals surface area (Å²) in [5.74, 6) is -1.75. The van der Waals surface area contributed by atoms with Gasteiger partial charge in [-0.2, -0.15) is 10.2 Å². The van der Waals surface area contributed by atoms with E-state index in [0.29, 0.717) is 5.56 Å². The number of carbonyl (C=O) groups is 2. The second-order valence-electron chi connectivity index (χ2n) is 14.2. The SMILES string of the molecule is CC(C)C(=O)Nc1nc2c(ncn2[C@@H]2O[C@@H]3COP(=O)(OCCC#N)O[C@H]4[C@H](F)[C@H](n5cnc6c(NC(=O)c7ccccc7)ncnc65)O[C@@H]4COP(O)(=S)O[C@H]2[C@@H]3F)c(=O)[nH]1. The normalized spacial score (nSPS) is 30.3. The number of benzene rings is 1. The van der Waals surface area contributed by atoms with Crippen LogP contribution in [0, 0.1) is 17.2 Å². The van der Waals surface area contributed by atoms with Gasteiger partial charge in [0.05, 0.1) is 45.0 Å². The number of phosphoric ester groups is 1. The van der Waals surface area contributed by atoms with E-state index < -0.39 is 107 Å². The Kier molecular flexibility index (Phi) is 12.4. The minimum atomic E-state index is -4.97. The zero-order valence-corrected chi connectivity index (χ0v) is 34.8. The first kappa shape index (κ1) is 43.6. The standard InChI is InChI=1S/C34H35F2N11O12P2S/c1-16(2)29(48)44-34-43-28-23(31(50)45-34)41-15-47(28)33-25-20(35)18(56-33)11-54-60(51,53-10-6-9-37)58-24-19(12-55-61(52,62)59-25)57-32(21(24)36)46-14-40-22-26(38-13-39-27(22)46)42-30(49)17-7-4-3-5-8-17/h3-5,7-8,13-16,18-21,24-25,32-33H,6,10-12H2,1-2H3,(H,52,62)(H,38,39,42,49)(H2,43,44,45,48,50)/t18-,19-,20-,21+,24-,25+,32-,33-,60?,61?/m1/s1. The molecule has 4 aromatic heterocycles. The summed E-state index contributed by atoms with van der Waals surface area (Å²) in [6.45, 7) is -3.58. The van der Waals surface area contributed by atoms with Crippen molar-refractivity contribution in [3.05, 3.63) is 65.2 Å². The Balaban J connectivity index is 1.10. The molecule has 10 atom stereocenters. The highest BCUT2D eigenvalue weighted by Gasteiger charge is 2.55. The Hall–Kier alpha value is -5.03. The molecule has 23 nitrogen and oxygen atoms in total. The van der Waals surface area contributed by atoms with Crippen molar-refractivity contribution in [2.45, 2.75) is 69.5 Å². The van der Waals surface area contributed by atoms with Crippen LogP contribution in [0.15, 0.2) is 54.1 Å². The molecule has 1 aromatic carbocycles. The summed E-state index contributed by atoms with van der Waals surface area (Å²) in [6, 6.07) is 10.1. The number of hydrogen-bond donors (Lipinski definition) is 4. The number of fused-ring (bicyclic) bond motifs is 5. The molecule has 3 fully saturated rings.